The summed E-state index contributed by atoms with van der Waals surface area (Å²) in [7, 11) is 0. The molecule has 1 aromatic carbocycles. The average Bonchev–Trinajstić information content (AvgIpc) is 2.85. The summed E-state index contributed by atoms with van der Waals surface area (Å²) in [6, 6.07) is 4.70. The zero-order valence-corrected chi connectivity index (χ0v) is 17.3. The van der Waals surface area contributed by atoms with Gasteiger partial charge in [0.15, 0.2) is 0 Å². The average molecular weight is 407 g/mol. The predicted molar refractivity (Wildman–Crippen MR) is 108 cm³/mol. The summed E-state index contributed by atoms with van der Waals surface area (Å²) < 4.78 is 0. The normalized spacial score (nSPS) is 19.4. The number of carbonyl (C=O) groups is 3. The highest BCUT2D eigenvalue weighted by Crippen LogP contribution is 2.30. The molecule has 0 unspecified atom stereocenters. The van der Waals surface area contributed by atoms with Gasteiger partial charge in [0, 0.05) is 30.3 Å². The molecule has 4 amide bonds. The van der Waals surface area contributed by atoms with Gasteiger partial charge in [-0.15, -0.1) is 0 Å². The van der Waals surface area contributed by atoms with Gasteiger partial charge in [-0.2, -0.15) is 0 Å². The van der Waals surface area contributed by atoms with Crippen LogP contribution in [-0.2, 0) is 9.59 Å². The fraction of sp³-hybridized carbons (Fsp3) is 0.550. The molecule has 0 radical (unpaired) electrons. The van der Waals surface area contributed by atoms with E-state index in [1.807, 2.05) is 0 Å². The van der Waals surface area contributed by atoms with Crippen molar-refractivity contribution in [3.8, 4) is 0 Å². The van der Waals surface area contributed by atoms with E-state index in [0.717, 1.165) is 30.1 Å². The molecule has 152 valence electrons. The van der Waals surface area contributed by atoms with E-state index in [1.54, 1.807) is 25.1 Å². The predicted octanol–water partition coefficient (Wildman–Crippen LogP) is 2.63. The van der Waals surface area contributed by atoms with E-state index < -0.39 is 17.5 Å². The molecule has 0 atom stereocenters. The SMILES string of the molecule is Cc1c(Cl)cccc1NC(=O)CN1C(=O)NC2(CCN(CC(C)C)CC2)C1=O. The summed E-state index contributed by atoms with van der Waals surface area (Å²) in [6.45, 7) is 8.30. The maximum Gasteiger partial charge on any atom is 0.325 e. The lowest BCUT2D eigenvalue weighted by molar-refractivity contribution is -0.135. The van der Waals surface area contributed by atoms with Crippen LogP contribution in [-0.4, -0.2) is 59.4 Å². The molecule has 1 spiro atoms. The van der Waals surface area contributed by atoms with Crippen LogP contribution in [0, 0.1) is 12.8 Å². The Morgan fingerprint density at radius 1 is 1.29 bits per heavy atom. The fourth-order valence-corrected chi connectivity index (χ4v) is 4.04. The van der Waals surface area contributed by atoms with Crippen molar-refractivity contribution in [3.05, 3.63) is 28.8 Å². The molecule has 2 heterocycles. The van der Waals surface area contributed by atoms with Gasteiger partial charge in [-0.3, -0.25) is 14.5 Å². The van der Waals surface area contributed by atoms with E-state index >= 15 is 0 Å². The van der Waals surface area contributed by atoms with Crippen molar-refractivity contribution in [2.45, 2.75) is 39.2 Å². The van der Waals surface area contributed by atoms with Crippen LogP contribution in [0.5, 0.6) is 0 Å². The van der Waals surface area contributed by atoms with Crippen molar-refractivity contribution in [3.63, 3.8) is 0 Å². The number of nitrogens with one attached hydrogen (secondary N) is 2. The Kier molecular flexibility index (Phi) is 5.95. The van der Waals surface area contributed by atoms with Crippen LogP contribution in [0.25, 0.3) is 0 Å². The van der Waals surface area contributed by atoms with Crippen LogP contribution in [0.4, 0.5) is 10.5 Å². The third kappa shape index (κ3) is 4.15. The van der Waals surface area contributed by atoms with Crippen molar-refractivity contribution < 1.29 is 14.4 Å². The summed E-state index contributed by atoms with van der Waals surface area (Å²) in [6.07, 6.45) is 1.13. The molecular formula is C20H27ClN4O3. The minimum Gasteiger partial charge on any atom is -0.324 e. The summed E-state index contributed by atoms with van der Waals surface area (Å²) in [5.41, 5.74) is 0.432. The highest BCUT2D eigenvalue weighted by molar-refractivity contribution is 6.31. The number of halogens is 1. The van der Waals surface area contributed by atoms with Crippen LogP contribution >= 0.6 is 11.6 Å². The third-order valence-electron chi connectivity index (χ3n) is 5.42. The maximum absolute atomic E-state index is 13.0. The number of imide groups is 1. The second-order valence-electron chi connectivity index (χ2n) is 8.06. The van der Waals surface area contributed by atoms with Crippen LogP contribution in [0.15, 0.2) is 18.2 Å². The zero-order valence-electron chi connectivity index (χ0n) is 16.5. The van der Waals surface area contributed by atoms with Gasteiger partial charge in [-0.1, -0.05) is 31.5 Å². The van der Waals surface area contributed by atoms with Gasteiger partial charge in [0.25, 0.3) is 5.91 Å². The molecule has 2 N–H and O–H groups in total. The number of carbonyl (C=O) groups excluding carboxylic acids is 3. The molecule has 0 saturated carbocycles. The van der Waals surface area contributed by atoms with Gasteiger partial charge in [0.05, 0.1) is 0 Å². The first-order valence-corrected chi connectivity index (χ1v) is 10.0. The fourth-order valence-electron chi connectivity index (χ4n) is 3.87. The Morgan fingerprint density at radius 2 is 1.96 bits per heavy atom. The molecule has 7 nitrogen and oxygen atoms in total. The summed E-state index contributed by atoms with van der Waals surface area (Å²) in [4.78, 5) is 41.1. The molecule has 28 heavy (non-hydrogen) atoms. The Labute approximate surface area is 170 Å². The largest absolute Gasteiger partial charge is 0.325 e. The lowest BCUT2D eigenvalue weighted by Gasteiger charge is -2.37. The monoisotopic (exact) mass is 406 g/mol. The van der Waals surface area contributed by atoms with Crippen molar-refractivity contribution >= 4 is 35.1 Å². The maximum atomic E-state index is 13.0. The number of rotatable bonds is 5. The molecule has 0 aliphatic carbocycles. The Morgan fingerprint density at radius 3 is 2.61 bits per heavy atom. The Balaban J connectivity index is 1.63. The standard InChI is InChI=1S/C20H27ClN4O3/c1-13(2)11-24-9-7-20(8-10-24)18(27)25(19(28)23-20)12-17(26)22-16-6-4-5-15(21)14(16)3/h4-6,13H,7-12H2,1-3H3,(H,22,26)(H,23,28). The van der Waals surface area contributed by atoms with Crippen LogP contribution in [0.1, 0.15) is 32.3 Å². The Hall–Kier alpha value is -2.12. The number of hydrogen-bond acceptors (Lipinski definition) is 4. The number of urea groups is 1. The number of hydrogen-bond donors (Lipinski definition) is 2. The smallest absolute Gasteiger partial charge is 0.324 e. The molecule has 2 aliphatic rings. The van der Waals surface area contributed by atoms with E-state index in [1.165, 1.54) is 0 Å². The van der Waals surface area contributed by atoms with Crippen molar-refractivity contribution in [2.75, 3.05) is 31.5 Å². The minimum atomic E-state index is -0.878. The second-order valence-corrected chi connectivity index (χ2v) is 8.47. The molecule has 3 rings (SSSR count). The highest BCUT2D eigenvalue weighted by Gasteiger charge is 2.52. The number of piperidine rings is 1. The topological polar surface area (TPSA) is 81.8 Å². The number of nitrogens with zero attached hydrogens (tertiary/aromatic N) is 2. The zero-order chi connectivity index (χ0) is 20.5. The molecule has 2 fully saturated rings. The van der Waals surface area contributed by atoms with Gasteiger partial charge < -0.3 is 15.5 Å². The first-order valence-electron chi connectivity index (χ1n) is 9.63. The third-order valence-corrected chi connectivity index (χ3v) is 5.83. The summed E-state index contributed by atoms with van der Waals surface area (Å²) >= 11 is 6.07. The molecular weight excluding hydrogens is 380 g/mol. The van der Waals surface area contributed by atoms with Gasteiger partial charge in [-0.05, 0) is 43.4 Å². The lowest BCUT2D eigenvalue weighted by atomic mass is 9.87. The van der Waals surface area contributed by atoms with Crippen molar-refractivity contribution in [1.82, 2.24) is 15.1 Å². The quantitative estimate of drug-likeness (QED) is 0.736. The van der Waals surface area contributed by atoms with Gasteiger partial charge in [0.2, 0.25) is 5.91 Å². The Bertz CT molecular complexity index is 788. The first kappa shape index (κ1) is 20.6. The highest BCUT2D eigenvalue weighted by atomic mass is 35.5. The van der Waals surface area contributed by atoms with E-state index in [2.05, 4.69) is 29.4 Å². The number of benzene rings is 1. The minimum absolute atomic E-state index is 0.306. The molecule has 8 heteroatoms. The van der Waals surface area contributed by atoms with Gasteiger partial charge in [-0.25, -0.2) is 4.79 Å². The van der Waals surface area contributed by atoms with Crippen LogP contribution < -0.4 is 10.6 Å². The number of anilines is 1. The van der Waals surface area contributed by atoms with Gasteiger partial charge in [0.1, 0.15) is 12.1 Å². The second kappa shape index (κ2) is 8.09. The molecule has 2 saturated heterocycles. The summed E-state index contributed by atoms with van der Waals surface area (Å²) in [5, 5.41) is 6.12. The molecule has 2 aliphatic heterocycles. The molecule has 0 bridgehead atoms. The van der Waals surface area contributed by atoms with E-state index in [4.69, 9.17) is 11.6 Å². The van der Waals surface area contributed by atoms with Crippen LogP contribution in [0.2, 0.25) is 5.02 Å². The van der Waals surface area contributed by atoms with E-state index in [9.17, 15) is 14.4 Å². The lowest BCUT2D eigenvalue weighted by Crippen LogP contribution is -2.55. The van der Waals surface area contributed by atoms with Gasteiger partial charge >= 0.3 is 6.03 Å². The van der Waals surface area contributed by atoms with E-state index in [-0.39, 0.29) is 12.5 Å². The number of amides is 4. The van der Waals surface area contributed by atoms with E-state index in [0.29, 0.717) is 29.5 Å². The van der Waals surface area contributed by atoms with Crippen molar-refractivity contribution in [1.29, 1.82) is 0 Å². The molecule has 0 aromatic heterocycles. The number of likely N-dealkylation sites (tertiary alicyclic amines) is 1. The van der Waals surface area contributed by atoms with Crippen LogP contribution in [0.3, 0.4) is 0 Å². The first-order chi connectivity index (χ1) is 13.2. The molecule has 1 aromatic rings. The van der Waals surface area contributed by atoms with Crippen molar-refractivity contribution in [2.24, 2.45) is 5.92 Å². The summed E-state index contributed by atoms with van der Waals surface area (Å²) in [5.74, 6) is -0.180.